The van der Waals surface area contributed by atoms with Gasteiger partial charge in [-0.15, -0.1) is 0 Å². The van der Waals surface area contributed by atoms with Crippen LogP contribution in [0.4, 0.5) is 0 Å². The maximum atomic E-state index is 13.3. The summed E-state index contributed by atoms with van der Waals surface area (Å²) in [6.07, 6.45) is 15.7. The fourth-order valence-electron chi connectivity index (χ4n) is 6.82. The summed E-state index contributed by atoms with van der Waals surface area (Å²) in [6.45, 7) is 4.13. The Kier molecular flexibility index (Phi) is 13.2. The van der Waals surface area contributed by atoms with Gasteiger partial charge in [0.15, 0.2) is 0 Å². The zero-order valence-corrected chi connectivity index (χ0v) is 24.1. The first kappa shape index (κ1) is 30.7. The van der Waals surface area contributed by atoms with E-state index in [1.54, 1.807) is 0 Å². The average Bonchev–Trinajstić information content (AvgIpc) is 3.15. The summed E-state index contributed by atoms with van der Waals surface area (Å²) in [7, 11) is 0. The van der Waals surface area contributed by atoms with Crippen LogP contribution in [0.3, 0.4) is 0 Å². The van der Waals surface area contributed by atoms with Crippen LogP contribution in [0.2, 0.25) is 0 Å². The maximum Gasteiger partial charge on any atom is 0.136 e. The Morgan fingerprint density at radius 1 is 0.842 bits per heavy atom. The molecule has 1 aromatic carbocycles. The van der Waals surface area contributed by atoms with Gasteiger partial charge in [0.2, 0.25) is 0 Å². The van der Waals surface area contributed by atoms with E-state index in [4.69, 9.17) is 5.11 Å². The number of aryl methyl sites for hydroxylation is 1. The molecule has 1 N–H and O–H groups in total. The molecular formula is C34H52O4. The Balaban J connectivity index is 1.48. The molecule has 2 aliphatic carbocycles. The quantitative estimate of drug-likeness (QED) is 0.243. The van der Waals surface area contributed by atoms with E-state index in [2.05, 4.69) is 24.3 Å². The number of aliphatic hydroxyl groups excluding tert-OH is 1. The van der Waals surface area contributed by atoms with Crippen molar-refractivity contribution >= 4 is 17.3 Å². The van der Waals surface area contributed by atoms with Crippen molar-refractivity contribution in [1.82, 2.24) is 0 Å². The van der Waals surface area contributed by atoms with E-state index in [0.29, 0.717) is 37.9 Å². The van der Waals surface area contributed by atoms with Gasteiger partial charge in [0.05, 0.1) is 0 Å². The van der Waals surface area contributed by atoms with E-state index < -0.39 is 0 Å². The van der Waals surface area contributed by atoms with Gasteiger partial charge in [-0.3, -0.25) is 14.4 Å². The van der Waals surface area contributed by atoms with E-state index in [9.17, 15) is 14.4 Å². The smallest absolute Gasteiger partial charge is 0.136 e. The summed E-state index contributed by atoms with van der Waals surface area (Å²) in [5.74, 6) is 2.27. The van der Waals surface area contributed by atoms with Gasteiger partial charge in [-0.25, -0.2) is 0 Å². The number of carbonyl (C=O) groups excluding carboxylic acids is 3. The molecule has 0 radical (unpaired) electrons. The van der Waals surface area contributed by atoms with Gasteiger partial charge in [-0.2, -0.15) is 0 Å². The van der Waals surface area contributed by atoms with Crippen molar-refractivity contribution in [2.24, 2.45) is 29.6 Å². The largest absolute Gasteiger partial charge is 0.396 e. The van der Waals surface area contributed by atoms with E-state index in [1.165, 1.54) is 44.1 Å². The van der Waals surface area contributed by atoms with E-state index in [-0.39, 0.29) is 35.9 Å². The first-order valence-electron chi connectivity index (χ1n) is 15.7. The lowest BCUT2D eigenvalue weighted by molar-refractivity contribution is -0.130. The number of hydrogen-bond acceptors (Lipinski definition) is 4. The van der Waals surface area contributed by atoms with Crippen LogP contribution in [-0.2, 0) is 27.2 Å². The fourth-order valence-corrected chi connectivity index (χ4v) is 6.82. The predicted molar refractivity (Wildman–Crippen MR) is 154 cm³/mol. The molecule has 4 nitrogen and oxygen atoms in total. The van der Waals surface area contributed by atoms with Crippen LogP contribution in [0, 0.1) is 29.6 Å². The zero-order chi connectivity index (χ0) is 27.3. The average molecular weight is 525 g/mol. The Labute approximate surface area is 231 Å². The van der Waals surface area contributed by atoms with Crippen LogP contribution < -0.4 is 0 Å². The van der Waals surface area contributed by atoms with Crippen LogP contribution >= 0.6 is 0 Å². The molecule has 2 aliphatic rings. The number of ketones is 3. The van der Waals surface area contributed by atoms with Crippen molar-refractivity contribution in [3.8, 4) is 0 Å². The SMILES string of the molecule is CCC(C)C(=O)CC(CCCc1ccc(CCO)cc1)C(=O)CCCC(=O)C1CCCC2CCCCC2C1. The fraction of sp³-hybridized carbons (Fsp3) is 0.735. The normalized spacial score (nSPS) is 23.2. The molecule has 4 heteroatoms. The number of rotatable bonds is 16. The summed E-state index contributed by atoms with van der Waals surface area (Å²) < 4.78 is 0. The minimum absolute atomic E-state index is 0.00945. The summed E-state index contributed by atoms with van der Waals surface area (Å²) in [6, 6.07) is 8.31. The number of carbonyl (C=O) groups is 3. The second-order valence-electron chi connectivity index (χ2n) is 12.3. The molecular weight excluding hydrogens is 472 g/mol. The van der Waals surface area contributed by atoms with Gasteiger partial charge in [0, 0.05) is 43.6 Å². The molecule has 0 saturated heterocycles. The molecule has 38 heavy (non-hydrogen) atoms. The van der Waals surface area contributed by atoms with Crippen molar-refractivity contribution in [1.29, 1.82) is 0 Å². The number of Topliss-reactive ketones (excluding diaryl/α,β-unsaturated/α-hetero) is 3. The summed E-state index contributed by atoms with van der Waals surface area (Å²) >= 11 is 0. The number of aliphatic hydroxyl groups is 1. The molecule has 3 rings (SSSR count). The third-order valence-corrected chi connectivity index (χ3v) is 9.59. The van der Waals surface area contributed by atoms with Gasteiger partial charge in [0.25, 0.3) is 0 Å². The molecule has 0 aliphatic heterocycles. The molecule has 0 spiro atoms. The molecule has 5 unspecified atom stereocenters. The highest BCUT2D eigenvalue weighted by atomic mass is 16.3. The summed E-state index contributed by atoms with van der Waals surface area (Å²) in [4.78, 5) is 39.1. The molecule has 1 aromatic rings. The molecule has 212 valence electrons. The van der Waals surface area contributed by atoms with Crippen LogP contribution in [0.25, 0.3) is 0 Å². The topological polar surface area (TPSA) is 71.4 Å². The van der Waals surface area contributed by atoms with E-state index in [1.807, 2.05) is 13.8 Å². The van der Waals surface area contributed by atoms with Gasteiger partial charge in [-0.05, 0) is 74.3 Å². The monoisotopic (exact) mass is 524 g/mol. The maximum absolute atomic E-state index is 13.3. The lowest BCUT2D eigenvalue weighted by Gasteiger charge is -2.30. The Morgan fingerprint density at radius 2 is 1.50 bits per heavy atom. The van der Waals surface area contributed by atoms with Crippen molar-refractivity contribution < 1.29 is 19.5 Å². The van der Waals surface area contributed by atoms with Crippen LogP contribution in [0.5, 0.6) is 0 Å². The third-order valence-electron chi connectivity index (χ3n) is 9.59. The highest BCUT2D eigenvalue weighted by Gasteiger charge is 2.32. The standard InChI is InChI=1S/C34H52O4/c1-3-25(2)34(38)24-31(13-6-9-26-17-19-27(20-18-26)21-22-35)33(37)16-8-15-32(36)30-14-7-12-28-10-4-5-11-29(28)23-30/h17-20,25,28-31,35H,3-16,21-24H2,1-2H3. The summed E-state index contributed by atoms with van der Waals surface area (Å²) in [5.41, 5.74) is 2.35. The van der Waals surface area contributed by atoms with Gasteiger partial charge in [-0.1, -0.05) is 76.6 Å². The van der Waals surface area contributed by atoms with Crippen molar-refractivity contribution in [2.45, 2.75) is 123 Å². The second kappa shape index (κ2) is 16.3. The Morgan fingerprint density at radius 3 is 2.18 bits per heavy atom. The van der Waals surface area contributed by atoms with E-state index in [0.717, 1.165) is 55.9 Å². The van der Waals surface area contributed by atoms with Crippen LogP contribution in [0.1, 0.15) is 121 Å². The van der Waals surface area contributed by atoms with Gasteiger partial charge in [0.1, 0.15) is 17.3 Å². The van der Waals surface area contributed by atoms with Gasteiger partial charge < -0.3 is 5.11 Å². The van der Waals surface area contributed by atoms with Crippen molar-refractivity contribution in [3.05, 3.63) is 35.4 Å². The first-order chi connectivity index (χ1) is 18.4. The molecule has 5 atom stereocenters. The molecule has 0 heterocycles. The number of benzene rings is 1. The molecule has 0 bridgehead atoms. The summed E-state index contributed by atoms with van der Waals surface area (Å²) in [5, 5.41) is 9.11. The minimum atomic E-state index is -0.235. The second-order valence-corrected chi connectivity index (χ2v) is 12.3. The molecule has 2 saturated carbocycles. The number of hydrogen-bond donors (Lipinski definition) is 1. The number of fused-ring (bicyclic) bond motifs is 1. The lowest BCUT2D eigenvalue weighted by Crippen LogP contribution is -2.23. The first-order valence-corrected chi connectivity index (χ1v) is 15.7. The van der Waals surface area contributed by atoms with E-state index >= 15 is 0 Å². The van der Waals surface area contributed by atoms with Crippen molar-refractivity contribution in [3.63, 3.8) is 0 Å². The minimum Gasteiger partial charge on any atom is -0.396 e. The Hall–Kier alpha value is -1.81. The highest BCUT2D eigenvalue weighted by molar-refractivity contribution is 5.89. The Bertz CT molecular complexity index is 873. The highest BCUT2D eigenvalue weighted by Crippen LogP contribution is 2.41. The third kappa shape index (κ3) is 9.74. The molecule has 0 aromatic heterocycles. The molecule has 0 amide bonds. The van der Waals surface area contributed by atoms with Crippen molar-refractivity contribution in [2.75, 3.05) is 6.61 Å². The predicted octanol–water partition coefficient (Wildman–Crippen LogP) is 7.47. The van der Waals surface area contributed by atoms with Gasteiger partial charge >= 0.3 is 0 Å². The van der Waals surface area contributed by atoms with Crippen LogP contribution in [0.15, 0.2) is 24.3 Å². The van der Waals surface area contributed by atoms with Crippen LogP contribution in [-0.4, -0.2) is 29.1 Å². The zero-order valence-electron chi connectivity index (χ0n) is 24.1. The molecule has 2 fully saturated rings. The lowest BCUT2D eigenvalue weighted by atomic mass is 9.75.